The third-order valence-electron chi connectivity index (χ3n) is 2.85. The van der Waals surface area contributed by atoms with Gasteiger partial charge in [0.2, 0.25) is 5.95 Å². The summed E-state index contributed by atoms with van der Waals surface area (Å²) in [6, 6.07) is 4.36. The van der Waals surface area contributed by atoms with E-state index in [-0.39, 0.29) is 0 Å². The summed E-state index contributed by atoms with van der Waals surface area (Å²) in [7, 11) is 0. The van der Waals surface area contributed by atoms with Gasteiger partial charge in [0.15, 0.2) is 0 Å². The lowest BCUT2D eigenvalue weighted by Crippen LogP contribution is -2.46. The highest BCUT2D eigenvalue weighted by molar-refractivity contribution is 5.31. The van der Waals surface area contributed by atoms with Gasteiger partial charge in [-0.05, 0) is 32.4 Å². The molecule has 1 saturated heterocycles. The first-order valence-corrected chi connectivity index (χ1v) is 5.52. The zero-order valence-corrected chi connectivity index (χ0v) is 9.27. The normalized spacial score (nSPS) is 24.8. The van der Waals surface area contributed by atoms with Gasteiger partial charge in [-0.1, -0.05) is 0 Å². The Labute approximate surface area is 94.9 Å². The summed E-state index contributed by atoms with van der Waals surface area (Å²) in [6.45, 7) is 3.21. The highest BCUT2D eigenvalue weighted by Crippen LogP contribution is 2.12. The van der Waals surface area contributed by atoms with Crippen molar-refractivity contribution in [1.29, 1.82) is 5.26 Å². The van der Waals surface area contributed by atoms with Gasteiger partial charge in [0.1, 0.15) is 11.8 Å². The van der Waals surface area contributed by atoms with Gasteiger partial charge in [-0.2, -0.15) is 5.26 Å². The minimum atomic E-state index is 0.336. The summed E-state index contributed by atoms with van der Waals surface area (Å²) in [5.74, 6) is 0.541. The number of nitrogens with zero attached hydrogens (tertiary/aromatic N) is 3. The molecule has 0 saturated carbocycles. The predicted molar refractivity (Wildman–Crippen MR) is 60.9 cm³/mol. The molecule has 1 aliphatic rings. The van der Waals surface area contributed by atoms with Gasteiger partial charge in [-0.15, -0.1) is 0 Å². The van der Waals surface area contributed by atoms with Gasteiger partial charge in [0, 0.05) is 18.3 Å². The Morgan fingerprint density at radius 1 is 1.62 bits per heavy atom. The first-order valence-electron chi connectivity index (χ1n) is 5.52. The first-order chi connectivity index (χ1) is 7.79. The van der Waals surface area contributed by atoms with E-state index in [1.807, 2.05) is 6.07 Å². The molecule has 2 atom stereocenters. The zero-order chi connectivity index (χ0) is 11.4. The molecule has 0 amide bonds. The van der Waals surface area contributed by atoms with Gasteiger partial charge < -0.3 is 10.6 Å². The molecule has 5 heteroatoms. The third-order valence-corrected chi connectivity index (χ3v) is 2.85. The van der Waals surface area contributed by atoms with Crippen LogP contribution in [0.25, 0.3) is 0 Å². The molecule has 0 spiro atoms. The minimum Gasteiger partial charge on any atom is -0.350 e. The average Bonchev–Trinajstić information content (AvgIpc) is 2.32. The molecule has 1 aliphatic heterocycles. The Bertz CT molecular complexity index is 398. The van der Waals surface area contributed by atoms with Crippen LogP contribution in [-0.2, 0) is 0 Å². The van der Waals surface area contributed by atoms with E-state index in [2.05, 4.69) is 27.5 Å². The smallest absolute Gasteiger partial charge is 0.224 e. The van der Waals surface area contributed by atoms with E-state index in [0.29, 0.717) is 23.7 Å². The number of nitrogens with one attached hydrogen (secondary N) is 2. The van der Waals surface area contributed by atoms with Crippen LogP contribution in [0.15, 0.2) is 12.3 Å². The third kappa shape index (κ3) is 2.47. The monoisotopic (exact) mass is 217 g/mol. The van der Waals surface area contributed by atoms with E-state index in [0.717, 1.165) is 19.4 Å². The molecule has 2 N–H and O–H groups in total. The molecule has 1 aromatic rings. The highest BCUT2D eigenvalue weighted by atomic mass is 15.1. The molecule has 2 rings (SSSR count). The molecule has 0 radical (unpaired) electrons. The quantitative estimate of drug-likeness (QED) is 0.770. The molecular formula is C11H15N5. The summed E-state index contributed by atoms with van der Waals surface area (Å²) >= 11 is 0. The lowest BCUT2D eigenvalue weighted by Gasteiger charge is -2.30. The van der Waals surface area contributed by atoms with Crippen molar-refractivity contribution in [2.75, 3.05) is 11.9 Å². The molecule has 84 valence electrons. The Hall–Kier alpha value is -1.67. The van der Waals surface area contributed by atoms with E-state index >= 15 is 0 Å². The van der Waals surface area contributed by atoms with Crippen molar-refractivity contribution in [3.05, 3.63) is 18.0 Å². The lowest BCUT2D eigenvalue weighted by atomic mass is 10.0. The number of rotatable bonds is 2. The van der Waals surface area contributed by atoms with Crippen LogP contribution in [0, 0.1) is 11.3 Å². The molecule has 0 aliphatic carbocycles. The Kier molecular flexibility index (Phi) is 3.32. The number of anilines is 1. The summed E-state index contributed by atoms with van der Waals surface area (Å²) in [5.41, 5.74) is 0.397. The second kappa shape index (κ2) is 4.90. The maximum Gasteiger partial charge on any atom is 0.224 e. The Morgan fingerprint density at radius 2 is 2.50 bits per heavy atom. The van der Waals surface area contributed by atoms with Crippen LogP contribution in [0.3, 0.4) is 0 Å². The fourth-order valence-electron chi connectivity index (χ4n) is 1.90. The van der Waals surface area contributed by atoms with Gasteiger partial charge in [-0.25, -0.2) is 9.97 Å². The van der Waals surface area contributed by atoms with Crippen LogP contribution in [0.2, 0.25) is 0 Å². The topological polar surface area (TPSA) is 73.6 Å². The lowest BCUT2D eigenvalue weighted by molar-refractivity contribution is 0.388. The van der Waals surface area contributed by atoms with Crippen LogP contribution in [0.4, 0.5) is 5.95 Å². The van der Waals surface area contributed by atoms with E-state index in [4.69, 9.17) is 5.26 Å². The van der Waals surface area contributed by atoms with Gasteiger partial charge in [-0.3, -0.25) is 0 Å². The van der Waals surface area contributed by atoms with Crippen molar-refractivity contribution in [3.63, 3.8) is 0 Å². The molecule has 2 heterocycles. The number of piperidine rings is 1. The van der Waals surface area contributed by atoms with Crippen molar-refractivity contribution >= 4 is 5.95 Å². The van der Waals surface area contributed by atoms with E-state index < -0.39 is 0 Å². The van der Waals surface area contributed by atoms with E-state index in [1.165, 1.54) is 0 Å². The van der Waals surface area contributed by atoms with Crippen molar-refractivity contribution < 1.29 is 0 Å². The summed E-state index contributed by atoms with van der Waals surface area (Å²) < 4.78 is 0. The Balaban J connectivity index is 2.05. The molecule has 1 fully saturated rings. The van der Waals surface area contributed by atoms with Crippen LogP contribution in [0.1, 0.15) is 25.5 Å². The molecular weight excluding hydrogens is 202 g/mol. The Morgan fingerprint density at radius 3 is 3.25 bits per heavy atom. The summed E-state index contributed by atoms with van der Waals surface area (Å²) in [5, 5.41) is 15.4. The fourth-order valence-corrected chi connectivity index (χ4v) is 1.90. The van der Waals surface area contributed by atoms with Crippen molar-refractivity contribution in [2.45, 2.75) is 31.8 Å². The number of nitriles is 1. The fraction of sp³-hybridized carbons (Fsp3) is 0.545. The molecule has 1 aromatic heterocycles. The van der Waals surface area contributed by atoms with Crippen LogP contribution in [0.5, 0.6) is 0 Å². The van der Waals surface area contributed by atoms with E-state index in [9.17, 15) is 0 Å². The number of hydrogen-bond donors (Lipinski definition) is 2. The largest absolute Gasteiger partial charge is 0.350 e. The molecule has 5 nitrogen and oxygen atoms in total. The van der Waals surface area contributed by atoms with Crippen LogP contribution >= 0.6 is 0 Å². The standard InChI is InChI=1S/C11H15N5/c1-8-10(3-2-5-13-8)16-11-14-6-4-9(7-12)15-11/h4,6,8,10,13H,2-3,5H2,1H3,(H,14,15,16). The number of aromatic nitrogens is 2. The number of hydrogen-bond acceptors (Lipinski definition) is 5. The zero-order valence-electron chi connectivity index (χ0n) is 9.27. The van der Waals surface area contributed by atoms with Crippen LogP contribution in [-0.4, -0.2) is 28.6 Å². The average molecular weight is 217 g/mol. The van der Waals surface area contributed by atoms with Crippen LogP contribution < -0.4 is 10.6 Å². The minimum absolute atomic E-state index is 0.336. The van der Waals surface area contributed by atoms with Gasteiger partial charge in [0.25, 0.3) is 0 Å². The van der Waals surface area contributed by atoms with Crippen molar-refractivity contribution in [2.24, 2.45) is 0 Å². The molecule has 2 unspecified atom stereocenters. The highest BCUT2D eigenvalue weighted by Gasteiger charge is 2.21. The predicted octanol–water partition coefficient (Wildman–Crippen LogP) is 0.901. The summed E-state index contributed by atoms with van der Waals surface area (Å²) in [6.07, 6.45) is 3.86. The van der Waals surface area contributed by atoms with Gasteiger partial charge >= 0.3 is 0 Å². The second-order valence-electron chi connectivity index (χ2n) is 4.01. The molecule has 0 bridgehead atoms. The maximum absolute atomic E-state index is 8.74. The SMILES string of the molecule is CC1NCCCC1Nc1nccc(C#N)n1. The second-order valence-corrected chi connectivity index (χ2v) is 4.01. The van der Waals surface area contributed by atoms with Crippen molar-refractivity contribution in [1.82, 2.24) is 15.3 Å². The first kappa shape index (κ1) is 10.8. The maximum atomic E-state index is 8.74. The van der Waals surface area contributed by atoms with Crippen molar-refractivity contribution in [3.8, 4) is 6.07 Å². The van der Waals surface area contributed by atoms with Gasteiger partial charge in [0.05, 0.1) is 0 Å². The summed E-state index contributed by atoms with van der Waals surface area (Å²) in [4.78, 5) is 8.22. The molecule has 0 aromatic carbocycles. The molecule has 16 heavy (non-hydrogen) atoms. The van der Waals surface area contributed by atoms with E-state index in [1.54, 1.807) is 12.3 Å².